The van der Waals surface area contributed by atoms with Gasteiger partial charge in [0.05, 0.1) is 30.5 Å². The van der Waals surface area contributed by atoms with Gasteiger partial charge in [0.2, 0.25) is 0 Å². The minimum absolute atomic E-state index is 0.101. The van der Waals surface area contributed by atoms with Crippen LogP contribution in [0.4, 0.5) is 18.9 Å². The van der Waals surface area contributed by atoms with E-state index in [0.29, 0.717) is 18.1 Å². The molecule has 0 bridgehead atoms. The number of alkyl halides is 3. The highest BCUT2D eigenvalue weighted by molar-refractivity contribution is 5.96. The summed E-state index contributed by atoms with van der Waals surface area (Å²) in [5.41, 5.74) is -1.31. The molecule has 0 unspecified atom stereocenters. The molecule has 0 saturated carbocycles. The molecule has 1 N–H and O–H groups in total. The second kappa shape index (κ2) is 9.12. The number of carbonyl (C=O) groups excluding carboxylic acids is 2. The molecular weight excluding hydrogens is 379 g/mol. The fourth-order valence-electron chi connectivity index (χ4n) is 2.31. The van der Waals surface area contributed by atoms with Crippen molar-refractivity contribution in [3.63, 3.8) is 0 Å². The molecule has 9 heteroatoms. The third-order valence-electron chi connectivity index (χ3n) is 3.54. The highest BCUT2D eigenvalue weighted by Crippen LogP contribution is 2.34. The predicted octanol–water partition coefficient (Wildman–Crippen LogP) is 3.91. The molecule has 0 saturated heterocycles. The van der Waals surface area contributed by atoms with Crippen LogP contribution in [0.2, 0.25) is 0 Å². The Bertz CT molecular complexity index is 852. The molecule has 0 aromatic heterocycles. The minimum atomic E-state index is -4.63. The van der Waals surface area contributed by atoms with Crippen LogP contribution < -0.4 is 14.8 Å². The van der Waals surface area contributed by atoms with Gasteiger partial charge in [0.1, 0.15) is 0 Å². The van der Waals surface area contributed by atoms with Crippen LogP contribution in [0.3, 0.4) is 0 Å². The fraction of sp³-hybridized carbons (Fsp3) is 0.263. The van der Waals surface area contributed by atoms with Crippen molar-refractivity contribution in [2.75, 3.05) is 25.6 Å². The van der Waals surface area contributed by atoms with E-state index in [2.05, 4.69) is 5.32 Å². The Hall–Kier alpha value is -3.23. The lowest BCUT2D eigenvalue weighted by atomic mass is 10.1. The maximum atomic E-state index is 12.9. The van der Waals surface area contributed by atoms with Gasteiger partial charge in [-0.1, -0.05) is 12.1 Å². The number of nitrogens with one attached hydrogen (secondary N) is 1. The van der Waals surface area contributed by atoms with Crippen LogP contribution in [0.5, 0.6) is 11.5 Å². The highest BCUT2D eigenvalue weighted by Gasteiger charge is 2.33. The number of amides is 1. The number of para-hydroxylation sites is 1. The monoisotopic (exact) mass is 397 g/mol. The second-order valence-electron chi connectivity index (χ2n) is 5.47. The molecule has 0 aliphatic carbocycles. The molecule has 0 heterocycles. The largest absolute Gasteiger partial charge is 0.493 e. The molecule has 1 amide bonds. The summed E-state index contributed by atoms with van der Waals surface area (Å²) in [6, 6.07) is 8.82. The van der Waals surface area contributed by atoms with Gasteiger partial charge in [-0.15, -0.1) is 0 Å². The molecule has 150 valence electrons. The zero-order chi connectivity index (χ0) is 20.7. The Morgan fingerprint density at radius 3 is 2.43 bits per heavy atom. The van der Waals surface area contributed by atoms with E-state index >= 15 is 0 Å². The van der Waals surface area contributed by atoms with Crippen molar-refractivity contribution < 1.29 is 37.0 Å². The average molecular weight is 397 g/mol. The summed E-state index contributed by atoms with van der Waals surface area (Å²) < 4.78 is 54.1. The van der Waals surface area contributed by atoms with Crippen molar-refractivity contribution in [2.24, 2.45) is 0 Å². The summed E-state index contributed by atoms with van der Waals surface area (Å²) in [5, 5.41) is 2.09. The van der Waals surface area contributed by atoms with Crippen LogP contribution in [-0.2, 0) is 15.7 Å². The molecule has 0 radical (unpaired) electrons. The molecule has 0 aliphatic heterocycles. The van der Waals surface area contributed by atoms with Crippen LogP contribution in [0.1, 0.15) is 22.8 Å². The van der Waals surface area contributed by atoms with Gasteiger partial charge < -0.3 is 19.5 Å². The molecule has 0 fully saturated rings. The highest BCUT2D eigenvalue weighted by atomic mass is 19.4. The second-order valence-corrected chi connectivity index (χ2v) is 5.47. The van der Waals surface area contributed by atoms with Crippen molar-refractivity contribution in [2.45, 2.75) is 13.1 Å². The van der Waals surface area contributed by atoms with Gasteiger partial charge in [-0.05, 0) is 37.3 Å². The number of esters is 1. The number of hydrogen-bond acceptors (Lipinski definition) is 5. The van der Waals surface area contributed by atoms with Gasteiger partial charge in [0.25, 0.3) is 5.91 Å². The quantitative estimate of drug-likeness (QED) is 0.717. The van der Waals surface area contributed by atoms with E-state index in [1.807, 2.05) is 0 Å². The number of methoxy groups -OCH3 is 1. The van der Waals surface area contributed by atoms with Gasteiger partial charge in [0.15, 0.2) is 18.1 Å². The van der Waals surface area contributed by atoms with Crippen molar-refractivity contribution >= 4 is 17.6 Å². The number of anilines is 1. The Balaban J connectivity index is 2.01. The van der Waals surface area contributed by atoms with Gasteiger partial charge in [-0.3, -0.25) is 4.79 Å². The predicted molar refractivity (Wildman–Crippen MR) is 94.5 cm³/mol. The van der Waals surface area contributed by atoms with Crippen LogP contribution in [0, 0.1) is 0 Å². The third-order valence-corrected chi connectivity index (χ3v) is 3.54. The summed E-state index contributed by atoms with van der Waals surface area (Å²) in [4.78, 5) is 24.0. The Kier molecular flexibility index (Phi) is 6.86. The van der Waals surface area contributed by atoms with Gasteiger partial charge >= 0.3 is 12.1 Å². The minimum Gasteiger partial charge on any atom is -0.493 e. The van der Waals surface area contributed by atoms with Crippen molar-refractivity contribution in [3.05, 3.63) is 53.6 Å². The first-order valence-corrected chi connectivity index (χ1v) is 8.20. The zero-order valence-electron chi connectivity index (χ0n) is 15.1. The van der Waals surface area contributed by atoms with E-state index < -0.39 is 35.9 Å². The molecular formula is C19H18F3NO5. The molecule has 0 aliphatic rings. The standard InChI is InChI=1S/C19H18F3NO5/c1-3-27-15-9-8-12(10-16(15)26-2)18(25)28-11-17(24)23-14-7-5-4-6-13(14)19(20,21)22/h4-10H,3,11H2,1-2H3,(H,23,24). The summed E-state index contributed by atoms with van der Waals surface area (Å²) >= 11 is 0. The first-order valence-electron chi connectivity index (χ1n) is 8.20. The van der Waals surface area contributed by atoms with Crippen molar-refractivity contribution in [1.82, 2.24) is 0 Å². The zero-order valence-corrected chi connectivity index (χ0v) is 15.1. The number of carbonyl (C=O) groups is 2. The van der Waals surface area contributed by atoms with E-state index in [1.54, 1.807) is 6.92 Å². The van der Waals surface area contributed by atoms with Crippen molar-refractivity contribution in [1.29, 1.82) is 0 Å². The summed E-state index contributed by atoms with van der Waals surface area (Å²) in [7, 11) is 1.40. The third kappa shape index (κ3) is 5.38. The lowest BCUT2D eigenvalue weighted by Gasteiger charge is -2.14. The molecule has 0 atom stereocenters. The SMILES string of the molecule is CCOc1ccc(C(=O)OCC(=O)Nc2ccccc2C(F)(F)F)cc1OC. The average Bonchev–Trinajstić information content (AvgIpc) is 2.66. The Labute approximate surface area is 159 Å². The van der Waals surface area contributed by atoms with Gasteiger partial charge in [-0.25, -0.2) is 4.79 Å². The van der Waals surface area contributed by atoms with Gasteiger partial charge in [-0.2, -0.15) is 13.2 Å². The molecule has 2 aromatic rings. The summed E-state index contributed by atoms with van der Waals surface area (Å²) in [5.74, 6) is -0.994. The van der Waals surface area contributed by atoms with Crippen LogP contribution >= 0.6 is 0 Å². The molecule has 2 aromatic carbocycles. The normalized spacial score (nSPS) is 10.9. The smallest absolute Gasteiger partial charge is 0.418 e. The maximum absolute atomic E-state index is 12.9. The Morgan fingerprint density at radius 1 is 1.07 bits per heavy atom. The molecule has 28 heavy (non-hydrogen) atoms. The number of hydrogen-bond donors (Lipinski definition) is 1. The molecule has 0 spiro atoms. The number of rotatable bonds is 7. The van der Waals surface area contributed by atoms with Gasteiger partial charge in [0, 0.05) is 0 Å². The number of benzene rings is 2. The number of ether oxygens (including phenoxy) is 3. The van der Waals surface area contributed by atoms with Crippen LogP contribution in [0.25, 0.3) is 0 Å². The lowest BCUT2D eigenvalue weighted by molar-refractivity contribution is -0.137. The molecule has 6 nitrogen and oxygen atoms in total. The first kappa shape index (κ1) is 21.1. The Morgan fingerprint density at radius 2 is 1.79 bits per heavy atom. The first-order chi connectivity index (χ1) is 13.3. The van der Waals surface area contributed by atoms with E-state index in [4.69, 9.17) is 14.2 Å². The van der Waals surface area contributed by atoms with E-state index in [9.17, 15) is 22.8 Å². The molecule has 2 rings (SSSR count). The van der Waals surface area contributed by atoms with E-state index in [1.165, 1.54) is 37.4 Å². The lowest BCUT2D eigenvalue weighted by Crippen LogP contribution is -2.22. The van der Waals surface area contributed by atoms with Crippen LogP contribution in [0.15, 0.2) is 42.5 Å². The summed E-state index contributed by atoms with van der Waals surface area (Å²) in [6.45, 7) is 1.44. The van der Waals surface area contributed by atoms with E-state index in [-0.39, 0.29) is 5.56 Å². The fourth-order valence-corrected chi connectivity index (χ4v) is 2.31. The number of halogens is 3. The maximum Gasteiger partial charge on any atom is 0.418 e. The topological polar surface area (TPSA) is 73.9 Å². The van der Waals surface area contributed by atoms with Crippen molar-refractivity contribution in [3.8, 4) is 11.5 Å². The van der Waals surface area contributed by atoms with E-state index in [0.717, 1.165) is 12.1 Å². The summed E-state index contributed by atoms with van der Waals surface area (Å²) in [6.07, 6.45) is -4.63. The van der Waals surface area contributed by atoms with Crippen LogP contribution in [-0.4, -0.2) is 32.2 Å².